The normalized spacial score (nSPS) is 11.5. The van der Waals surface area contributed by atoms with Crippen molar-refractivity contribution in [3.05, 3.63) is 84.6 Å². The van der Waals surface area contributed by atoms with E-state index in [0.717, 1.165) is 39.2 Å². The van der Waals surface area contributed by atoms with Gasteiger partial charge in [0.2, 0.25) is 0 Å². The summed E-state index contributed by atoms with van der Waals surface area (Å²) >= 11 is 0. The molecular formula is C25H20N2O. The fourth-order valence-corrected chi connectivity index (χ4v) is 3.57. The first kappa shape index (κ1) is 16.7. The fourth-order valence-electron chi connectivity index (χ4n) is 3.57. The summed E-state index contributed by atoms with van der Waals surface area (Å²) in [6.45, 7) is 4.27. The van der Waals surface area contributed by atoms with Gasteiger partial charge < -0.3 is 4.42 Å². The molecule has 3 aromatic carbocycles. The van der Waals surface area contributed by atoms with Gasteiger partial charge in [0.25, 0.3) is 0 Å². The number of aromatic nitrogens is 2. The Morgan fingerprint density at radius 3 is 2.07 bits per heavy atom. The molecule has 0 radical (unpaired) electrons. The minimum absolute atomic E-state index is 0.244. The third kappa shape index (κ3) is 2.76. The molecule has 28 heavy (non-hydrogen) atoms. The zero-order valence-electron chi connectivity index (χ0n) is 15.9. The van der Waals surface area contributed by atoms with Crippen molar-refractivity contribution in [3.8, 4) is 22.5 Å². The largest absolute Gasteiger partial charge is 0.452 e. The molecule has 0 saturated carbocycles. The number of furan rings is 1. The van der Waals surface area contributed by atoms with E-state index >= 15 is 0 Å². The lowest BCUT2D eigenvalue weighted by molar-refractivity contribution is 0.649. The Hall–Kier alpha value is -3.46. The summed E-state index contributed by atoms with van der Waals surface area (Å²) in [5.74, 6) is 0.982. The smallest absolute Gasteiger partial charge is 0.175 e. The van der Waals surface area contributed by atoms with Crippen LogP contribution in [-0.4, -0.2) is 9.97 Å². The zero-order valence-corrected chi connectivity index (χ0v) is 15.9. The molecule has 0 spiro atoms. The van der Waals surface area contributed by atoms with Gasteiger partial charge in [-0.05, 0) is 29.2 Å². The predicted octanol–water partition coefficient (Wildman–Crippen LogP) is 6.83. The molecule has 0 bridgehead atoms. The average Bonchev–Trinajstić information content (AvgIpc) is 3.12. The van der Waals surface area contributed by atoms with Crippen molar-refractivity contribution in [2.45, 2.75) is 19.8 Å². The van der Waals surface area contributed by atoms with Crippen LogP contribution in [0.15, 0.2) is 83.3 Å². The van der Waals surface area contributed by atoms with Gasteiger partial charge in [-0.25, -0.2) is 9.97 Å². The molecule has 0 unspecified atom stereocenters. The minimum atomic E-state index is 0.244. The molecule has 2 heterocycles. The van der Waals surface area contributed by atoms with Crippen molar-refractivity contribution >= 4 is 22.1 Å². The fraction of sp³-hybridized carbons (Fsp3) is 0.120. The van der Waals surface area contributed by atoms with Crippen LogP contribution in [0.1, 0.15) is 25.5 Å². The van der Waals surface area contributed by atoms with E-state index in [1.54, 1.807) is 0 Å². The molecule has 0 aliphatic rings. The standard InChI is InChI=1S/C25H20N2O/c1-16(2)22-24-23(20-10-6-7-11-21(20)28-24)27-25(26-22)19-14-12-18(13-15-19)17-8-4-3-5-9-17/h3-16H,1-2H3. The molecule has 5 rings (SSSR count). The monoisotopic (exact) mass is 364 g/mol. The van der Waals surface area contributed by atoms with Gasteiger partial charge in [0.05, 0.1) is 5.69 Å². The second-order valence-corrected chi connectivity index (χ2v) is 7.31. The number of hydrogen-bond acceptors (Lipinski definition) is 3. The highest BCUT2D eigenvalue weighted by Gasteiger charge is 2.18. The van der Waals surface area contributed by atoms with Crippen LogP contribution in [0, 0.1) is 0 Å². The van der Waals surface area contributed by atoms with Crippen molar-refractivity contribution in [2.24, 2.45) is 0 Å². The first-order valence-electron chi connectivity index (χ1n) is 9.56. The number of benzene rings is 3. The number of rotatable bonds is 3. The molecule has 3 nitrogen and oxygen atoms in total. The summed E-state index contributed by atoms with van der Waals surface area (Å²) in [6, 6.07) is 26.8. The molecule has 0 aliphatic carbocycles. The molecule has 136 valence electrons. The lowest BCUT2D eigenvalue weighted by Gasteiger charge is -2.09. The Labute approximate surface area is 163 Å². The van der Waals surface area contributed by atoms with Gasteiger partial charge >= 0.3 is 0 Å². The minimum Gasteiger partial charge on any atom is -0.452 e. The summed E-state index contributed by atoms with van der Waals surface area (Å²) < 4.78 is 6.09. The van der Waals surface area contributed by atoms with E-state index < -0.39 is 0 Å². The van der Waals surface area contributed by atoms with Crippen LogP contribution in [0.5, 0.6) is 0 Å². The van der Waals surface area contributed by atoms with Crippen LogP contribution < -0.4 is 0 Å². The molecule has 0 N–H and O–H groups in total. The van der Waals surface area contributed by atoms with Crippen LogP contribution in [0.4, 0.5) is 0 Å². The lowest BCUT2D eigenvalue weighted by atomic mass is 10.0. The Kier molecular flexibility index (Phi) is 3.94. The number of fused-ring (bicyclic) bond motifs is 3. The summed E-state index contributed by atoms with van der Waals surface area (Å²) in [5, 5.41) is 1.03. The van der Waals surface area contributed by atoms with Crippen molar-refractivity contribution in [1.82, 2.24) is 9.97 Å². The number of hydrogen-bond donors (Lipinski definition) is 0. The second kappa shape index (κ2) is 6.61. The van der Waals surface area contributed by atoms with Gasteiger partial charge in [-0.1, -0.05) is 80.6 Å². The van der Waals surface area contributed by atoms with E-state index in [1.165, 1.54) is 11.1 Å². The topological polar surface area (TPSA) is 38.9 Å². The van der Waals surface area contributed by atoms with Crippen LogP contribution in [-0.2, 0) is 0 Å². The van der Waals surface area contributed by atoms with Gasteiger partial charge in [0.15, 0.2) is 11.4 Å². The van der Waals surface area contributed by atoms with Gasteiger partial charge in [0, 0.05) is 10.9 Å². The van der Waals surface area contributed by atoms with Crippen LogP contribution >= 0.6 is 0 Å². The maximum Gasteiger partial charge on any atom is 0.175 e. The first-order valence-corrected chi connectivity index (χ1v) is 9.56. The van der Waals surface area contributed by atoms with E-state index in [4.69, 9.17) is 14.4 Å². The summed E-state index contributed by atoms with van der Waals surface area (Å²) in [5.41, 5.74) is 6.87. The lowest BCUT2D eigenvalue weighted by Crippen LogP contribution is -1.98. The Bertz CT molecular complexity index is 1270. The molecule has 3 heteroatoms. The van der Waals surface area contributed by atoms with Gasteiger partial charge in [-0.2, -0.15) is 0 Å². The van der Waals surface area contributed by atoms with Crippen LogP contribution in [0.3, 0.4) is 0 Å². The average molecular weight is 364 g/mol. The number of nitrogens with zero attached hydrogens (tertiary/aromatic N) is 2. The van der Waals surface area contributed by atoms with E-state index in [0.29, 0.717) is 0 Å². The third-order valence-corrected chi connectivity index (χ3v) is 5.04. The maximum absolute atomic E-state index is 6.09. The molecule has 0 amide bonds. The van der Waals surface area contributed by atoms with E-state index in [-0.39, 0.29) is 5.92 Å². The molecule has 0 aliphatic heterocycles. The van der Waals surface area contributed by atoms with Gasteiger partial charge in [0.1, 0.15) is 11.1 Å². The second-order valence-electron chi connectivity index (χ2n) is 7.31. The van der Waals surface area contributed by atoms with Crippen molar-refractivity contribution in [1.29, 1.82) is 0 Å². The third-order valence-electron chi connectivity index (χ3n) is 5.04. The molecule has 2 aromatic heterocycles. The SMILES string of the molecule is CC(C)c1nc(-c2ccc(-c3ccccc3)cc2)nc2c1oc1ccccc12. The van der Waals surface area contributed by atoms with Crippen LogP contribution in [0.25, 0.3) is 44.6 Å². The zero-order chi connectivity index (χ0) is 19.1. The number of para-hydroxylation sites is 1. The Morgan fingerprint density at radius 1 is 0.679 bits per heavy atom. The predicted molar refractivity (Wildman–Crippen MR) is 114 cm³/mol. The van der Waals surface area contributed by atoms with E-state index in [9.17, 15) is 0 Å². The highest BCUT2D eigenvalue weighted by atomic mass is 16.3. The van der Waals surface area contributed by atoms with Gasteiger partial charge in [-0.3, -0.25) is 0 Å². The summed E-state index contributed by atoms with van der Waals surface area (Å²) in [7, 11) is 0. The first-order chi connectivity index (χ1) is 13.7. The Morgan fingerprint density at radius 2 is 1.32 bits per heavy atom. The summed E-state index contributed by atoms with van der Waals surface area (Å²) in [4.78, 5) is 9.74. The highest BCUT2D eigenvalue weighted by Crippen LogP contribution is 2.33. The highest BCUT2D eigenvalue weighted by molar-refractivity contribution is 6.03. The molecule has 0 atom stereocenters. The maximum atomic E-state index is 6.09. The molecule has 5 aromatic rings. The van der Waals surface area contributed by atoms with Crippen molar-refractivity contribution in [2.75, 3.05) is 0 Å². The van der Waals surface area contributed by atoms with Crippen molar-refractivity contribution < 1.29 is 4.42 Å². The van der Waals surface area contributed by atoms with E-state index in [1.807, 2.05) is 24.3 Å². The summed E-state index contributed by atoms with van der Waals surface area (Å²) in [6.07, 6.45) is 0. The van der Waals surface area contributed by atoms with Gasteiger partial charge in [-0.15, -0.1) is 0 Å². The molecular weight excluding hydrogens is 344 g/mol. The molecule has 0 saturated heterocycles. The quantitative estimate of drug-likeness (QED) is 0.352. The molecule has 0 fully saturated rings. The van der Waals surface area contributed by atoms with Crippen LogP contribution in [0.2, 0.25) is 0 Å². The van der Waals surface area contributed by atoms with E-state index in [2.05, 4.69) is 68.4 Å². The Balaban J connectivity index is 1.67. The van der Waals surface area contributed by atoms with Crippen molar-refractivity contribution in [3.63, 3.8) is 0 Å².